The molecule has 0 saturated heterocycles. The highest BCUT2D eigenvalue weighted by Crippen LogP contribution is 2.40. The second kappa shape index (κ2) is 2.90. The highest BCUT2D eigenvalue weighted by atomic mass is 35.5. The molecule has 0 unspecified atom stereocenters. The fourth-order valence-corrected chi connectivity index (χ4v) is 1.76. The Morgan fingerprint density at radius 2 is 2.17 bits per heavy atom. The zero-order valence-corrected chi connectivity index (χ0v) is 7.38. The number of nitrogens with two attached hydrogens (primary N) is 1. The van der Waals surface area contributed by atoms with Crippen LogP contribution in [0.4, 0.5) is 5.82 Å². The van der Waals surface area contributed by atoms with Gasteiger partial charge in [0.1, 0.15) is 17.3 Å². The van der Waals surface area contributed by atoms with Gasteiger partial charge in [0.25, 0.3) is 0 Å². The van der Waals surface area contributed by atoms with Gasteiger partial charge in [-0.25, -0.2) is 9.97 Å². The van der Waals surface area contributed by atoms with Crippen LogP contribution in [-0.2, 0) is 0 Å². The Morgan fingerprint density at radius 3 is 2.67 bits per heavy atom. The predicted molar refractivity (Wildman–Crippen MR) is 48.0 cm³/mol. The van der Waals surface area contributed by atoms with Crippen molar-refractivity contribution in [2.75, 3.05) is 5.73 Å². The molecular formula is C8H10ClN3. The van der Waals surface area contributed by atoms with Crippen LogP contribution < -0.4 is 5.73 Å². The maximum Gasteiger partial charge on any atom is 0.138 e. The third-order valence-electron chi connectivity index (χ3n) is 2.38. The number of aromatic nitrogens is 2. The molecule has 2 N–H and O–H groups in total. The molecule has 3 nitrogen and oxygen atoms in total. The van der Waals surface area contributed by atoms with Crippen LogP contribution in [0.2, 0.25) is 5.15 Å². The third-order valence-corrected chi connectivity index (χ3v) is 2.68. The zero-order chi connectivity index (χ0) is 8.55. The van der Waals surface area contributed by atoms with Crippen LogP contribution in [-0.4, -0.2) is 9.97 Å². The van der Waals surface area contributed by atoms with Crippen LogP contribution in [0.15, 0.2) is 6.33 Å². The minimum Gasteiger partial charge on any atom is -0.383 e. The van der Waals surface area contributed by atoms with E-state index in [0.29, 0.717) is 16.9 Å². The molecule has 1 heterocycles. The lowest BCUT2D eigenvalue weighted by Crippen LogP contribution is -2.13. The Morgan fingerprint density at radius 1 is 1.42 bits per heavy atom. The average molecular weight is 184 g/mol. The molecule has 64 valence electrons. The fourth-order valence-electron chi connectivity index (χ4n) is 1.46. The van der Waals surface area contributed by atoms with Gasteiger partial charge in [-0.1, -0.05) is 18.0 Å². The molecule has 0 bridgehead atoms. The minimum atomic E-state index is 0.499. The van der Waals surface area contributed by atoms with Crippen LogP contribution in [0.25, 0.3) is 0 Å². The maximum absolute atomic E-state index is 5.91. The lowest BCUT2D eigenvalue weighted by molar-refractivity contribution is 0.419. The summed E-state index contributed by atoms with van der Waals surface area (Å²) in [6.45, 7) is 0. The lowest BCUT2D eigenvalue weighted by atomic mass is 9.81. The van der Waals surface area contributed by atoms with Crippen molar-refractivity contribution in [3.8, 4) is 0 Å². The van der Waals surface area contributed by atoms with Crippen molar-refractivity contribution < 1.29 is 0 Å². The summed E-state index contributed by atoms with van der Waals surface area (Å²) in [5, 5.41) is 0.521. The van der Waals surface area contributed by atoms with Crippen molar-refractivity contribution in [3.63, 3.8) is 0 Å². The molecule has 0 amide bonds. The van der Waals surface area contributed by atoms with E-state index in [1.54, 1.807) is 0 Å². The molecule has 0 atom stereocenters. The summed E-state index contributed by atoms with van der Waals surface area (Å²) in [6.07, 6.45) is 4.99. The van der Waals surface area contributed by atoms with Crippen molar-refractivity contribution in [2.45, 2.75) is 25.2 Å². The van der Waals surface area contributed by atoms with Gasteiger partial charge in [0.15, 0.2) is 0 Å². The molecule has 1 fully saturated rings. The van der Waals surface area contributed by atoms with Gasteiger partial charge in [-0.3, -0.25) is 0 Å². The number of nitrogen functional groups attached to an aromatic ring is 1. The first-order valence-electron chi connectivity index (χ1n) is 4.05. The monoisotopic (exact) mass is 183 g/mol. The lowest BCUT2D eigenvalue weighted by Gasteiger charge is -2.26. The Balaban J connectivity index is 2.39. The van der Waals surface area contributed by atoms with Crippen LogP contribution in [0, 0.1) is 0 Å². The first-order chi connectivity index (χ1) is 5.79. The van der Waals surface area contributed by atoms with Gasteiger partial charge in [0.05, 0.1) is 0 Å². The highest BCUT2D eigenvalue weighted by molar-refractivity contribution is 6.30. The minimum absolute atomic E-state index is 0.499. The van der Waals surface area contributed by atoms with Crippen LogP contribution in [0.3, 0.4) is 0 Å². The van der Waals surface area contributed by atoms with Gasteiger partial charge >= 0.3 is 0 Å². The van der Waals surface area contributed by atoms with E-state index in [1.807, 2.05) is 0 Å². The molecule has 1 aliphatic carbocycles. The van der Waals surface area contributed by atoms with Gasteiger partial charge in [-0.15, -0.1) is 0 Å². The third kappa shape index (κ3) is 1.14. The first-order valence-corrected chi connectivity index (χ1v) is 4.42. The van der Waals surface area contributed by atoms with Crippen molar-refractivity contribution in [1.29, 1.82) is 0 Å². The number of halogens is 1. The second-order valence-corrected chi connectivity index (χ2v) is 3.45. The van der Waals surface area contributed by atoms with Gasteiger partial charge in [-0.05, 0) is 18.8 Å². The van der Waals surface area contributed by atoms with Crippen LogP contribution in [0.1, 0.15) is 30.7 Å². The number of hydrogen-bond donors (Lipinski definition) is 1. The maximum atomic E-state index is 5.91. The van der Waals surface area contributed by atoms with E-state index in [1.165, 1.54) is 12.7 Å². The molecular weight excluding hydrogens is 174 g/mol. The van der Waals surface area contributed by atoms with Crippen molar-refractivity contribution in [1.82, 2.24) is 9.97 Å². The van der Waals surface area contributed by atoms with E-state index in [0.717, 1.165) is 18.4 Å². The normalized spacial score (nSPS) is 17.4. The summed E-state index contributed by atoms with van der Waals surface area (Å²) in [5.74, 6) is 1.04. The standard InChI is InChI=1S/C8H10ClN3/c9-7-6(5-2-1-3-5)8(10)12-4-11-7/h4-5H,1-3H2,(H2,10,11,12). The summed E-state index contributed by atoms with van der Waals surface area (Å²) in [5.41, 5.74) is 6.65. The number of hydrogen-bond acceptors (Lipinski definition) is 3. The molecule has 0 spiro atoms. The topological polar surface area (TPSA) is 51.8 Å². The van der Waals surface area contributed by atoms with E-state index < -0.39 is 0 Å². The average Bonchev–Trinajstić information content (AvgIpc) is 1.93. The van der Waals surface area contributed by atoms with E-state index in [9.17, 15) is 0 Å². The van der Waals surface area contributed by atoms with Crippen molar-refractivity contribution >= 4 is 17.4 Å². The molecule has 0 radical (unpaired) electrons. The Hall–Kier alpha value is -0.830. The van der Waals surface area contributed by atoms with Gasteiger partial charge in [-0.2, -0.15) is 0 Å². The molecule has 1 saturated carbocycles. The zero-order valence-electron chi connectivity index (χ0n) is 6.63. The van der Waals surface area contributed by atoms with E-state index in [2.05, 4.69) is 9.97 Å². The summed E-state index contributed by atoms with van der Waals surface area (Å²) >= 11 is 5.91. The molecule has 1 aromatic heterocycles. The predicted octanol–water partition coefficient (Wildman–Crippen LogP) is 1.98. The summed E-state index contributed by atoms with van der Waals surface area (Å²) in [6, 6.07) is 0. The Bertz CT molecular complexity index is 276. The first kappa shape index (κ1) is 7.80. The van der Waals surface area contributed by atoms with E-state index in [-0.39, 0.29) is 0 Å². The quantitative estimate of drug-likeness (QED) is 0.678. The number of rotatable bonds is 1. The van der Waals surface area contributed by atoms with Gasteiger partial charge in [0.2, 0.25) is 0 Å². The summed E-state index contributed by atoms with van der Waals surface area (Å²) < 4.78 is 0. The van der Waals surface area contributed by atoms with Gasteiger partial charge in [0, 0.05) is 5.56 Å². The number of anilines is 1. The molecule has 12 heavy (non-hydrogen) atoms. The summed E-state index contributed by atoms with van der Waals surface area (Å²) in [7, 11) is 0. The molecule has 0 aromatic carbocycles. The molecule has 4 heteroatoms. The number of nitrogens with zero attached hydrogens (tertiary/aromatic N) is 2. The van der Waals surface area contributed by atoms with Gasteiger partial charge < -0.3 is 5.73 Å². The van der Waals surface area contributed by atoms with Crippen molar-refractivity contribution in [2.24, 2.45) is 0 Å². The Labute approximate surface area is 76.0 Å². The molecule has 2 rings (SSSR count). The largest absolute Gasteiger partial charge is 0.383 e. The molecule has 1 aromatic rings. The second-order valence-electron chi connectivity index (χ2n) is 3.09. The van der Waals surface area contributed by atoms with E-state index >= 15 is 0 Å². The smallest absolute Gasteiger partial charge is 0.138 e. The van der Waals surface area contributed by atoms with Crippen LogP contribution in [0.5, 0.6) is 0 Å². The van der Waals surface area contributed by atoms with Crippen molar-refractivity contribution in [3.05, 3.63) is 17.0 Å². The summed E-state index contributed by atoms with van der Waals surface area (Å²) in [4.78, 5) is 7.84. The molecule has 0 aliphatic heterocycles. The van der Waals surface area contributed by atoms with Crippen LogP contribution >= 0.6 is 11.6 Å². The molecule has 1 aliphatic rings. The highest BCUT2D eigenvalue weighted by Gasteiger charge is 2.24. The Kier molecular flexibility index (Phi) is 1.89. The van der Waals surface area contributed by atoms with E-state index in [4.69, 9.17) is 17.3 Å². The SMILES string of the molecule is Nc1ncnc(Cl)c1C1CCC1. The fraction of sp³-hybridized carbons (Fsp3) is 0.500.